The Morgan fingerprint density at radius 3 is 2.70 bits per heavy atom. The molecule has 142 valence electrons. The summed E-state index contributed by atoms with van der Waals surface area (Å²) in [5.41, 5.74) is 3.61. The highest BCUT2D eigenvalue weighted by Gasteiger charge is 2.15. The van der Waals surface area contributed by atoms with E-state index in [0.717, 1.165) is 71.5 Å². The molecule has 4 nitrogen and oxygen atoms in total. The molecule has 1 aromatic carbocycles. The fourth-order valence-electron chi connectivity index (χ4n) is 3.17. The second-order valence-electron chi connectivity index (χ2n) is 6.48. The number of rotatable bonds is 6. The van der Waals surface area contributed by atoms with Gasteiger partial charge in [0.05, 0.1) is 18.6 Å². The van der Waals surface area contributed by atoms with Crippen LogP contribution in [0.15, 0.2) is 34.8 Å². The van der Waals surface area contributed by atoms with Gasteiger partial charge in [0, 0.05) is 36.3 Å². The number of morpholine rings is 1. The SMILES string of the molecule is CCc1ccc(-c2csc3nc(SCCN4CCOCC4)nc(Cl)c23)cc1. The first kappa shape index (κ1) is 19.2. The van der Waals surface area contributed by atoms with Gasteiger partial charge in [-0.1, -0.05) is 54.6 Å². The molecule has 1 aliphatic heterocycles. The second-order valence-corrected chi connectivity index (χ2v) is 8.76. The zero-order valence-electron chi connectivity index (χ0n) is 15.3. The Balaban J connectivity index is 1.50. The first-order chi connectivity index (χ1) is 13.2. The molecule has 0 spiro atoms. The Morgan fingerprint density at radius 2 is 1.96 bits per heavy atom. The minimum absolute atomic E-state index is 0.546. The van der Waals surface area contributed by atoms with Crippen molar-refractivity contribution in [1.82, 2.24) is 14.9 Å². The van der Waals surface area contributed by atoms with Gasteiger partial charge < -0.3 is 4.74 Å². The third kappa shape index (κ3) is 4.46. The van der Waals surface area contributed by atoms with E-state index in [-0.39, 0.29) is 0 Å². The van der Waals surface area contributed by atoms with E-state index in [1.54, 1.807) is 23.1 Å². The molecule has 0 bridgehead atoms. The molecule has 0 unspecified atom stereocenters. The lowest BCUT2D eigenvalue weighted by molar-refractivity contribution is 0.0410. The van der Waals surface area contributed by atoms with Crippen molar-refractivity contribution in [3.63, 3.8) is 0 Å². The van der Waals surface area contributed by atoms with E-state index in [0.29, 0.717) is 5.15 Å². The molecule has 0 amide bonds. The van der Waals surface area contributed by atoms with Crippen molar-refractivity contribution in [2.75, 3.05) is 38.6 Å². The summed E-state index contributed by atoms with van der Waals surface area (Å²) in [6.07, 6.45) is 1.04. The quantitative estimate of drug-likeness (QED) is 0.319. The molecular weight excluding hydrogens is 398 g/mol. The predicted octanol–water partition coefficient (Wildman–Crippen LogP) is 5.00. The summed E-state index contributed by atoms with van der Waals surface area (Å²) >= 11 is 9.86. The molecule has 0 atom stereocenters. The highest BCUT2D eigenvalue weighted by Crippen LogP contribution is 2.37. The third-order valence-corrected chi connectivity index (χ3v) is 6.76. The molecule has 7 heteroatoms. The standard InChI is InChI=1S/C20H22ClN3OS2/c1-2-14-3-5-15(6-4-14)16-13-27-19-17(16)18(21)22-20(23-19)26-12-9-24-7-10-25-11-8-24/h3-6,13H,2,7-12H2,1H3. The summed E-state index contributed by atoms with van der Waals surface area (Å²) in [7, 11) is 0. The van der Waals surface area contributed by atoms with Gasteiger partial charge in [-0.15, -0.1) is 11.3 Å². The molecule has 0 radical (unpaired) electrons. The number of thioether (sulfide) groups is 1. The maximum absolute atomic E-state index is 6.56. The summed E-state index contributed by atoms with van der Waals surface area (Å²) in [5.74, 6) is 0.957. The average Bonchev–Trinajstić information content (AvgIpc) is 3.13. The van der Waals surface area contributed by atoms with Crippen molar-refractivity contribution in [3.05, 3.63) is 40.4 Å². The zero-order valence-corrected chi connectivity index (χ0v) is 17.7. The van der Waals surface area contributed by atoms with Crippen LogP contribution in [0.25, 0.3) is 21.3 Å². The number of hydrogen-bond acceptors (Lipinski definition) is 6. The molecule has 0 N–H and O–H groups in total. The molecule has 2 aromatic heterocycles. The third-order valence-electron chi connectivity index (χ3n) is 4.78. The number of hydrogen-bond donors (Lipinski definition) is 0. The van der Waals surface area contributed by atoms with E-state index < -0.39 is 0 Å². The first-order valence-electron chi connectivity index (χ1n) is 9.21. The van der Waals surface area contributed by atoms with Gasteiger partial charge in [-0.3, -0.25) is 4.90 Å². The summed E-state index contributed by atoms with van der Waals surface area (Å²) in [6, 6.07) is 8.65. The maximum atomic E-state index is 6.56. The van der Waals surface area contributed by atoms with Gasteiger partial charge in [-0.05, 0) is 17.5 Å². The highest BCUT2D eigenvalue weighted by molar-refractivity contribution is 7.99. The van der Waals surface area contributed by atoms with Gasteiger partial charge >= 0.3 is 0 Å². The molecule has 1 fully saturated rings. The average molecular weight is 420 g/mol. The van der Waals surface area contributed by atoms with Crippen LogP contribution < -0.4 is 0 Å². The molecule has 3 heterocycles. The van der Waals surface area contributed by atoms with Crippen LogP contribution in [0.3, 0.4) is 0 Å². The van der Waals surface area contributed by atoms with Crippen molar-refractivity contribution in [1.29, 1.82) is 0 Å². The topological polar surface area (TPSA) is 38.2 Å². The fraction of sp³-hybridized carbons (Fsp3) is 0.400. The van der Waals surface area contributed by atoms with Crippen LogP contribution in [0.5, 0.6) is 0 Å². The molecule has 0 aliphatic carbocycles. The van der Waals surface area contributed by atoms with Gasteiger partial charge in [0.15, 0.2) is 5.16 Å². The Labute approximate surface area is 172 Å². The van der Waals surface area contributed by atoms with Crippen LogP contribution >= 0.6 is 34.7 Å². The van der Waals surface area contributed by atoms with E-state index >= 15 is 0 Å². The van der Waals surface area contributed by atoms with Gasteiger partial charge in [0.2, 0.25) is 0 Å². The van der Waals surface area contributed by atoms with Crippen molar-refractivity contribution in [2.45, 2.75) is 18.5 Å². The Hall–Kier alpha value is -1.18. The largest absolute Gasteiger partial charge is 0.379 e. The number of fused-ring (bicyclic) bond motifs is 1. The maximum Gasteiger partial charge on any atom is 0.190 e. The van der Waals surface area contributed by atoms with Crippen molar-refractivity contribution < 1.29 is 4.74 Å². The molecule has 27 heavy (non-hydrogen) atoms. The van der Waals surface area contributed by atoms with Gasteiger partial charge in [-0.2, -0.15) is 0 Å². The Bertz CT molecular complexity index is 907. The van der Waals surface area contributed by atoms with Crippen LogP contribution in [0.2, 0.25) is 5.15 Å². The van der Waals surface area contributed by atoms with Crippen LogP contribution in [-0.2, 0) is 11.2 Å². The van der Waals surface area contributed by atoms with E-state index in [1.807, 2.05) is 0 Å². The van der Waals surface area contributed by atoms with Gasteiger partial charge in [-0.25, -0.2) is 9.97 Å². The van der Waals surface area contributed by atoms with E-state index in [1.165, 1.54) is 5.56 Å². The molecular formula is C20H22ClN3OS2. The van der Waals surface area contributed by atoms with Crippen LogP contribution in [0, 0.1) is 0 Å². The summed E-state index contributed by atoms with van der Waals surface area (Å²) in [5, 5.41) is 4.40. The first-order valence-corrected chi connectivity index (χ1v) is 11.5. The highest BCUT2D eigenvalue weighted by atomic mass is 35.5. The van der Waals surface area contributed by atoms with Gasteiger partial charge in [0.25, 0.3) is 0 Å². The fourth-order valence-corrected chi connectivity index (χ4v) is 5.39. The Morgan fingerprint density at radius 1 is 1.19 bits per heavy atom. The number of ether oxygens (including phenoxy) is 1. The van der Waals surface area contributed by atoms with Crippen molar-refractivity contribution in [2.24, 2.45) is 0 Å². The van der Waals surface area contributed by atoms with Crippen LogP contribution in [0.1, 0.15) is 12.5 Å². The normalized spacial score (nSPS) is 15.5. The molecule has 0 saturated carbocycles. The van der Waals surface area contributed by atoms with Crippen molar-refractivity contribution >= 4 is 44.9 Å². The molecule has 3 aromatic rings. The zero-order chi connectivity index (χ0) is 18.6. The molecule has 1 aliphatic rings. The smallest absolute Gasteiger partial charge is 0.190 e. The number of thiophene rings is 1. The van der Waals surface area contributed by atoms with E-state index in [9.17, 15) is 0 Å². The predicted molar refractivity (Wildman–Crippen MR) is 115 cm³/mol. The monoisotopic (exact) mass is 419 g/mol. The molecule has 1 saturated heterocycles. The summed E-state index contributed by atoms with van der Waals surface area (Å²) < 4.78 is 5.39. The van der Waals surface area contributed by atoms with Crippen molar-refractivity contribution in [3.8, 4) is 11.1 Å². The number of aryl methyl sites for hydroxylation is 1. The minimum Gasteiger partial charge on any atom is -0.379 e. The number of halogens is 1. The van der Waals surface area contributed by atoms with E-state index in [2.05, 4.69) is 46.5 Å². The lowest BCUT2D eigenvalue weighted by Crippen LogP contribution is -2.37. The lowest BCUT2D eigenvalue weighted by atomic mass is 10.0. The van der Waals surface area contributed by atoms with E-state index in [4.69, 9.17) is 21.3 Å². The molecule has 4 rings (SSSR count). The summed E-state index contributed by atoms with van der Waals surface area (Å²) in [4.78, 5) is 12.7. The number of benzene rings is 1. The summed E-state index contributed by atoms with van der Waals surface area (Å²) in [6.45, 7) is 6.86. The minimum atomic E-state index is 0.546. The van der Waals surface area contributed by atoms with Gasteiger partial charge in [0.1, 0.15) is 9.98 Å². The van der Waals surface area contributed by atoms with Crippen LogP contribution in [-0.4, -0.2) is 53.5 Å². The van der Waals surface area contributed by atoms with Crippen LogP contribution in [0.4, 0.5) is 0 Å². The second kappa shape index (κ2) is 8.88. The Kier molecular flexibility index (Phi) is 6.30. The number of nitrogens with zero attached hydrogens (tertiary/aromatic N) is 3. The lowest BCUT2D eigenvalue weighted by Gasteiger charge is -2.26. The number of aromatic nitrogens is 2.